The molecule has 0 aliphatic heterocycles. The van der Waals surface area contributed by atoms with Gasteiger partial charge in [-0.2, -0.15) is 0 Å². The van der Waals surface area contributed by atoms with Gasteiger partial charge < -0.3 is 11.1 Å². The molecule has 0 heterocycles. The van der Waals surface area contributed by atoms with Crippen LogP contribution in [0, 0.1) is 6.92 Å². The van der Waals surface area contributed by atoms with E-state index in [4.69, 9.17) is 29.6 Å². The lowest BCUT2D eigenvalue weighted by molar-refractivity contribution is 0.0945. The number of hydrogen-bond donors (Lipinski definition) is 2. The van der Waals surface area contributed by atoms with E-state index in [1.165, 1.54) is 0 Å². The van der Waals surface area contributed by atoms with Crippen LogP contribution in [0.5, 0.6) is 0 Å². The van der Waals surface area contributed by atoms with Gasteiger partial charge in [-0.15, -0.1) is 0 Å². The lowest BCUT2D eigenvalue weighted by Crippen LogP contribution is -2.43. The first kappa shape index (κ1) is 14.9. The molecule has 0 bridgehead atoms. The van der Waals surface area contributed by atoms with Gasteiger partial charge in [0, 0.05) is 0 Å². The molecule has 1 atom stereocenters. The molecule has 1 unspecified atom stereocenters. The van der Waals surface area contributed by atoms with Crippen molar-refractivity contribution in [3.63, 3.8) is 0 Å². The van der Waals surface area contributed by atoms with Gasteiger partial charge in [-0.1, -0.05) is 49.3 Å². The van der Waals surface area contributed by atoms with Gasteiger partial charge >= 0.3 is 0 Å². The molecule has 0 saturated carbocycles. The lowest BCUT2D eigenvalue weighted by Gasteiger charge is -2.17. The molecule has 5 heteroatoms. The van der Waals surface area contributed by atoms with Gasteiger partial charge in [-0.3, -0.25) is 4.79 Å². The Hall–Kier alpha value is -1.13. The Morgan fingerprint density at radius 2 is 2.22 bits per heavy atom. The third kappa shape index (κ3) is 3.68. The Balaban J connectivity index is 2.87. The predicted octanol–water partition coefficient (Wildman–Crippen LogP) is 2.83. The van der Waals surface area contributed by atoms with Crippen molar-refractivity contribution in [3.8, 4) is 0 Å². The number of hydrogen-bond acceptors (Lipinski definition) is 2. The summed E-state index contributed by atoms with van der Waals surface area (Å²) in [6.07, 6.45) is 1.62. The third-order valence-electron chi connectivity index (χ3n) is 2.66. The summed E-state index contributed by atoms with van der Waals surface area (Å²) in [5, 5.41) is 3.28. The van der Waals surface area contributed by atoms with Gasteiger partial charge in [0.05, 0.1) is 21.6 Å². The van der Waals surface area contributed by atoms with Crippen molar-refractivity contribution in [2.75, 3.05) is 0 Å². The number of halogens is 1. The number of carbonyl (C=O) groups excluding carboxylic acids is 1. The summed E-state index contributed by atoms with van der Waals surface area (Å²) >= 11 is 11.0. The van der Waals surface area contributed by atoms with Crippen LogP contribution in [-0.4, -0.2) is 16.9 Å². The van der Waals surface area contributed by atoms with Gasteiger partial charge in [0.1, 0.15) is 0 Å². The van der Waals surface area contributed by atoms with Crippen molar-refractivity contribution in [3.05, 3.63) is 34.3 Å². The van der Waals surface area contributed by atoms with Crippen molar-refractivity contribution in [1.29, 1.82) is 0 Å². The van der Waals surface area contributed by atoms with Crippen LogP contribution >= 0.6 is 23.8 Å². The molecule has 3 N–H and O–H groups in total. The van der Waals surface area contributed by atoms with Gasteiger partial charge in [0.2, 0.25) is 0 Å². The quantitative estimate of drug-likeness (QED) is 0.818. The minimum Gasteiger partial charge on any atom is -0.392 e. The smallest absolute Gasteiger partial charge is 0.253 e. The number of carbonyl (C=O) groups is 1. The van der Waals surface area contributed by atoms with E-state index in [9.17, 15) is 4.79 Å². The highest BCUT2D eigenvalue weighted by Gasteiger charge is 2.17. The monoisotopic (exact) mass is 284 g/mol. The number of aryl methyl sites for hydroxylation is 1. The SMILES string of the molecule is CCCC(NC(=O)c1cccc(C)c1Cl)C(N)=S. The Bertz CT molecular complexity index is 462. The van der Waals surface area contributed by atoms with Crippen LogP contribution in [0.25, 0.3) is 0 Å². The summed E-state index contributed by atoms with van der Waals surface area (Å²) < 4.78 is 0. The molecule has 0 saturated heterocycles. The highest BCUT2D eigenvalue weighted by Crippen LogP contribution is 2.20. The summed E-state index contributed by atoms with van der Waals surface area (Å²) in [4.78, 5) is 12.4. The highest BCUT2D eigenvalue weighted by molar-refractivity contribution is 7.80. The topological polar surface area (TPSA) is 55.1 Å². The number of nitrogens with two attached hydrogens (primary N) is 1. The van der Waals surface area contributed by atoms with Crippen LogP contribution in [0.1, 0.15) is 35.7 Å². The number of amides is 1. The van der Waals surface area contributed by atoms with Gasteiger partial charge in [-0.05, 0) is 25.0 Å². The van der Waals surface area contributed by atoms with Crippen molar-refractivity contribution >= 4 is 34.7 Å². The summed E-state index contributed by atoms with van der Waals surface area (Å²) in [6, 6.07) is 5.06. The molecule has 1 amide bonds. The van der Waals surface area contributed by atoms with Gasteiger partial charge in [0.25, 0.3) is 5.91 Å². The van der Waals surface area contributed by atoms with Gasteiger partial charge in [-0.25, -0.2) is 0 Å². The molecular weight excluding hydrogens is 268 g/mol. The van der Waals surface area contributed by atoms with Crippen LogP contribution < -0.4 is 11.1 Å². The summed E-state index contributed by atoms with van der Waals surface area (Å²) in [6.45, 7) is 3.87. The fourth-order valence-electron chi connectivity index (χ4n) is 1.63. The van der Waals surface area contributed by atoms with E-state index in [2.05, 4.69) is 5.32 Å². The number of nitrogens with one attached hydrogen (secondary N) is 1. The van der Waals surface area contributed by atoms with E-state index in [1.54, 1.807) is 12.1 Å². The average molecular weight is 285 g/mol. The number of benzene rings is 1. The maximum Gasteiger partial charge on any atom is 0.253 e. The minimum atomic E-state index is -0.283. The molecule has 0 spiro atoms. The van der Waals surface area contributed by atoms with Gasteiger partial charge in [0.15, 0.2) is 0 Å². The summed E-state index contributed by atoms with van der Waals surface area (Å²) in [5.41, 5.74) is 6.92. The molecule has 1 aromatic rings. The fourth-order valence-corrected chi connectivity index (χ4v) is 2.02. The zero-order valence-corrected chi connectivity index (χ0v) is 12.1. The standard InChI is InChI=1S/C13H17ClN2OS/c1-3-5-10(12(15)18)16-13(17)9-7-4-6-8(2)11(9)14/h4,6-7,10H,3,5H2,1-2H3,(H2,15,18)(H,16,17). The molecule has 3 nitrogen and oxygen atoms in total. The molecule has 0 radical (unpaired) electrons. The first-order chi connectivity index (χ1) is 8.47. The zero-order chi connectivity index (χ0) is 13.7. The molecule has 18 heavy (non-hydrogen) atoms. The van der Waals surface area contributed by atoms with Crippen molar-refractivity contribution in [2.24, 2.45) is 5.73 Å². The molecule has 1 rings (SSSR count). The van der Waals surface area contributed by atoms with Crippen LogP contribution in [0.15, 0.2) is 18.2 Å². The van der Waals surface area contributed by atoms with E-state index in [0.29, 0.717) is 15.6 Å². The Labute approximate surface area is 118 Å². The Morgan fingerprint density at radius 1 is 1.56 bits per heavy atom. The van der Waals surface area contributed by atoms with E-state index >= 15 is 0 Å². The van der Waals surface area contributed by atoms with Crippen LogP contribution in [0.4, 0.5) is 0 Å². The van der Waals surface area contributed by atoms with E-state index < -0.39 is 0 Å². The van der Waals surface area contributed by atoms with Crippen molar-refractivity contribution < 1.29 is 4.79 Å². The van der Waals surface area contributed by atoms with Crippen LogP contribution in [0.3, 0.4) is 0 Å². The normalized spacial score (nSPS) is 11.9. The first-order valence-electron chi connectivity index (χ1n) is 5.82. The van der Waals surface area contributed by atoms with Crippen LogP contribution in [-0.2, 0) is 0 Å². The summed E-state index contributed by atoms with van der Waals surface area (Å²) in [7, 11) is 0. The maximum absolute atomic E-state index is 12.1. The second kappa shape index (κ2) is 6.71. The molecule has 1 aromatic carbocycles. The molecule has 0 fully saturated rings. The largest absolute Gasteiger partial charge is 0.392 e. The molecular formula is C13H17ClN2OS. The third-order valence-corrected chi connectivity index (χ3v) is 3.45. The maximum atomic E-state index is 12.1. The highest BCUT2D eigenvalue weighted by atomic mass is 35.5. The fraction of sp³-hybridized carbons (Fsp3) is 0.385. The lowest BCUT2D eigenvalue weighted by atomic mass is 10.1. The first-order valence-corrected chi connectivity index (χ1v) is 6.61. The average Bonchev–Trinajstić information content (AvgIpc) is 2.31. The predicted molar refractivity (Wildman–Crippen MR) is 79.1 cm³/mol. The Kier molecular flexibility index (Phi) is 5.56. The molecule has 0 aliphatic rings. The van der Waals surface area contributed by atoms with Crippen molar-refractivity contribution in [2.45, 2.75) is 32.7 Å². The second-order valence-corrected chi connectivity index (χ2v) is 5.00. The molecule has 0 aliphatic carbocycles. The number of rotatable bonds is 5. The summed E-state index contributed by atoms with van der Waals surface area (Å²) in [5.74, 6) is -0.241. The Morgan fingerprint density at radius 3 is 2.78 bits per heavy atom. The van der Waals surface area contributed by atoms with E-state index in [-0.39, 0.29) is 11.9 Å². The van der Waals surface area contributed by atoms with Crippen LogP contribution in [0.2, 0.25) is 5.02 Å². The van der Waals surface area contributed by atoms with E-state index in [0.717, 1.165) is 18.4 Å². The van der Waals surface area contributed by atoms with E-state index in [1.807, 2.05) is 19.9 Å². The number of thiocarbonyl (C=S) groups is 1. The second-order valence-electron chi connectivity index (χ2n) is 4.15. The molecule has 98 valence electrons. The molecule has 0 aromatic heterocycles. The zero-order valence-electron chi connectivity index (χ0n) is 10.5. The van der Waals surface area contributed by atoms with Crippen molar-refractivity contribution in [1.82, 2.24) is 5.32 Å². The minimum absolute atomic E-state index is 0.241.